The molecule has 5 heteroatoms. The van der Waals surface area contributed by atoms with Gasteiger partial charge in [-0.2, -0.15) is 0 Å². The molecule has 0 radical (unpaired) electrons. The van der Waals surface area contributed by atoms with E-state index < -0.39 is 12.0 Å². The van der Waals surface area contributed by atoms with Crippen molar-refractivity contribution in [1.29, 1.82) is 5.41 Å². The third-order valence-electron chi connectivity index (χ3n) is 4.17. The number of esters is 1. The molecule has 1 aliphatic rings. The normalized spacial score (nSPS) is 15.7. The van der Waals surface area contributed by atoms with Crippen LogP contribution < -0.4 is 5.32 Å². The van der Waals surface area contributed by atoms with Crippen LogP contribution in [0.1, 0.15) is 37.3 Å². The minimum atomic E-state index is -0.588. The summed E-state index contributed by atoms with van der Waals surface area (Å²) in [6.07, 6.45) is 5.57. The zero-order chi connectivity index (χ0) is 16.8. The van der Waals surface area contributed by atoms with Crippen LogP contribution >= 0.6 is 0 Å². The maximum Gasteiger partial charge on any atom is 0.354 e. The molecule has 2 N–H and O–H groups in total. The summed E-state index contributed by atoms with van der Waals surface area (Å²) in [5, 5.41) is 11.5. The molecule has 2 aromatic rings. The highest BCUT2D eigenvalue weighted by Gasteiger charge is 2.28. The summed E-state index contributed by atoms with van der Waals surface area (Å²) in [4.78, 5) is 16.6. The van der Waals surface area contributed by atoms with Gasteiger partial charge in [0.2, 0.25) is 0 Å². The molecule has 1 aromatic carbocycles. The number of aromatic nitrogens is 1. The Morgan fingerprint density at radius 2 is 1.83 bits per heavy atom. The first-order valence-electron chi connectivity index (χ1n) is 8.26. The Morgan fingerprint density at radius 3 is 2.50 bits per heavy atom. The Bertz CT molecular complexity index is 682. The van der Waals surface area contributed by atoms with Gasteiger partial charge in [0, 0.05) is 6.20 Å². The third-order valence-corrected chi connectivity index (χ3v) is 4.17. The summed E-state index contributed by atoms with van der Waals surface area (Å²) < 4.78 is 5.49. The average Bonchev–Trinajstić information content (AvgIpc) is 3.14. The Balaban J connectivity index is 1.78. The van der Waals surface area contributed by atoms with Crippen molar-refractivity contribution in [2.45, 2.75) is 37.8 Å². The fraction of sp³-hybridized carbons (Fsp3) is 0.316. The maximum atomic E-state index is 12.4. The molecule has 1 atom stereocenters. The first-order valence-corrected chi connectivity index (χ1v) is 8.26. The van der Waals surface area contributed by atoms with Crippen LogP contribution in [0.25, 0.3) is 0 Å². The van der Waals surface area contributed by atoms with E-state index >= 15 is 0 Å². The molecule has 1 fully saturated rings. The molecular formula is C19H21N3O2. The van der Waals surface area contributed by atoms with Crippen LogP contribution in [0.2, 0.25) is 0 Å². The number of hydrogen-bond acceptors (Lipinski definition) is 5. The van der Waals surface area contributed by atoms with Gasteiger partial charge in [0.25, 0.3) is 0 Å². The van der Waals surface area contributed by atoms with Crippen molar-refractivity contribution in [3.05, 3.63) is 60.3 Å². The predicted octanol–water partition coefficient (Wildman–Crippen LogP) is 3.74. The van der Waals surface area contributed by atoms with E-state index in [2.05, 4.69) is 10.3 Å². The molecule has 0 saturated heterocycles. The topological polar surface area (TPSA) is 75.1 Å². The van der Waals surface area contributed by atoms with Gasteiger partial charge in [-0.05, 0) is 43.4 Å². The maximum absolute atomic E-state index is 12.4. The molecular weight excluding hydrogens is 302 g/mol. The van der Waals surface area contributed by atoms with Gasteiger partial charge in [-0.15, -0.1) is 0 Å². The van der Waals surface area contributed by atoms with Crippen molar-refractivity contribution < 1.29 is 9.53 Å². The number of ether oxygens (including phenoxy) is 1. The molecule has 3 rings (SSSR count). The van der Waals surface area contributed by atoms with Crippen molar-refractivity contribution in [3.8, 4) is 0 Å². The van der Waals surface area contributed by atoms with Crippen molar-refractivity contribution >= 4 is 17.5 Å². The first-order chi connectivity index (χ1) is 11.7. The van der Waals surface area contributed by atoms with Crippen LogP contribution in [0.5, 0.6) is 0 Å². The number of rotatable bonds is 6. The molecule has 0 amide bonds. The smallest absolute Gasteiger partial charge is 0.354 e. The highest BCUT2D eigenvalue weighted by Crippen LogP contribution is 2.24. The lowest BCUT2D eigenvalue weighted by Gasteiger charge is -2.21. The van der Waals surface area contributed by atoms with Crippen LogP contribution in [0, 0.1) is 5.41 Å². The summed E-state index contributed by atoms with van der Waals surface area (Å²) in [5.74, 6) is 0.0592. The van der Waals surface area contributed by atoms with Crippen molar-refractivity contribution in [1.82, 2.24) is 4.98 Å². The summed E-state index contributed by atoms with van der Waals surface area (Å²) in [7, 11) is 0. The first kappa shape index (κ1) is 16.2. The monoisotopic (exact) mass is 323 g/mol. The lowest BCUT2D eigenvalue weighted by atomic mass is 10.0. The molecule has 24 heavy (non-hydrogen) atoms. The lowest BCUT2D eigenvalue weighted by molar-refractivity contribution is -0.140. The Labute approximate surface area is 141 Å². The van der Waals surface area contributed by atoms with Gasteiger partial charge in [0.15, 0.2) is 0 Å². The van der Waals surface area contributed by atoms with Gasteiger partial charge in [0.1, 0.15) is 23.7 Å². The van der Waals surface area contributed by atoms with Crippen LogP contribution in [0.15, 0.2) is 54.7 Å². The quantitative estimate of drug-likeness (QED) is 0.627. The summed E-state index contributed by atoms with van der Waals surface area (Å²) in [6, 6.07) is 14.4. The number of anilines is 1. The van der Waals surface area contributed by atoms with E-state index in [1.807, 2.05) is 48.5 Å². The molecule has 5 nitrogen and oxygen atoms in total. The molecule has 0 spiro atoms. The van der Waals surface area contributed by atoms with Crippen LogP contribution in [0.3, 0.4) is 0 Å². The number of nitrogens with zero attached hydrogens (tertiary/aromatic N) is 1. The average molecular weight is 323 g/mol. The van der Waals surface area contributed by atoms with E-state index in [4.69, 9.17) is 10.1 Å². The second-order valence-electron chi connectivity index (χ2n) is 5.93. The molecule has 1 saturated carbocycles. The highest BCUT2D eigenvalue weighted by molar-refractivity contribution is 6.37. The zero-order valence-electron chi connectivity index (χ0n) is 13.4. The Hall–Kier alpha value is -2.69. The number of carbonyl (C=O) groups excluding carboxylic acids is 1. The largest absolute Gasteiger partial charge is 0.458 e. The molecule has 124 valence electrons. The van der Waals surface area contributed by atoms with E-state index in [1.165, 1.54) is 0 Å². The van der Waals surface area contributed by atoms with Gasteiger partial charge in [-0.1, -0.05) is 36.4 Å². The Morgan fingerprint density at radius 1 is 1.12 bits per heavy atom. The molecule has 0 bridgehead atoms. The Kier molecular flexibility index (Phi) is 5.21. The van der Waals surface area contributed by atoms with Gasteiger partial charge in [0.05, 0.1) is 0 Å². The van der Waals surface area contributed by atoms with Crippen molar-refractivity contribution in [2.24, 2.45) is 0 Å². The number of pyridine rings is 1. The van der Waals surface area contributed by atoms with Crippen LogP contribution in [-0.2, 0) is 9.53 Å². The highest BCUT2D eigenvalue weighted by atomic mass is 16.5. The lowest BCUT2D eigenvalue weighted by Crippen LogP contribution is -2.31. The predicted molar refractivity (Wildman–Crippen MR) is 93.1 cm³/mol. The van der Waals surface area contributed by atoms with Gasteiger partial charge < -0.3 is 10.1 Å². The summed E-state index contributed by atoms with van der Waals surface area (Å²) in [6.45, 7) is 0. The minimum absolute atomic E-state index is 0.0517. The van der Waals surface area contributed by atoms with E-state index in [0.717, 1.165) is 31.2 Å². The number of carbonyl (C=O) groups is 1. The number of benzene rings is 1. The van der Waals surface area contributed by atoms with Crippen molar-refractivity contribution in [3.63, 3.8) is 0 Å². The molecule has 1 aromatic heterocycles. The van der Waals surface area contributed by atoms with Crippen LogP contribution in [-0.4, -0.2) is 22.8 Å². The van der Waals surface area contributed by atoms with Gasteiger partial charge in [-0.25, -0.2) is 9.78 Å². The SMILES string of the molecule is N=C(C(=O)OC1CCCC1)C(Nc1ccccn1)c1ccccc1. The zero-order valence-corrected chi connectivity index (χ0v) is 13.4. The van der Waals surface area contributed by atoms with Gasteiger partial charge in [-0.3, -0.25) is 5.41 Å². The molecule has 0 aliphatic heterocycles. The second-order valence-corrected chi connectivity index (χ2v) is 5.93. The fourth-order valence-electron chi connectivity index (χ4n) is 2.90. The molecule has 1 unspecified atom stereocenters. The summed E-state index contributed by atoms with van der Waals surface area (Å²) >= 11 is 0. The molecule has 1 aliphatic carbocycles. The van der Waals surface area contributed by atoms with E-state index in [-0.39, 0.29) is 11.8 Å². The summed E-state index contributed by atoms with van der Waals surface area (Å²) in [5.41, 5.74) is 0.732. The van der Waals surface area contributed by atoms with Gasteiger partial charge >= 0.3 is 5.97 Å². The number of nitrogens with one attached hydrogen (secondary N) is 2. The fourth-order valence-corrected chi connectivity index (χ4v) is 2.90. The van der Waals surface area contributed by atoms with Crippen molar-refractivity contribution in [2.75, 3.05) is 5.32 Å². The standard InChI is InChI=1S/C19H21N3O2/c20-17(19(23)24-15-10-4-5-11-15)18(14-8-2-1-3-9-14)22-16-12-6-7-13-21-16/h1-3,6-9,12-13,15,18,20H,4-5,10-11H2,(H,21,22). The third kappa shape index (κ3) is 3.98. The van der Waals surface area contributed by atoms with E-state index in [9.17, 15) is 4.79 Å². The van der Waals surface area contributed by atoms with E-state index in [1.54, 1.807) is 6.20 Å². The minimum Gasteiger partial charge on any atom is -0.458 e. The molecule has 1 heterocycles. The van der Waals surface area contributed by atoms with E-state index in [0.29, 0.717) is 5.82 Å². The second kappa shape index (κ2) is 7.73. The number of hydrogen-bond donors (Lipinski definition) is 2. The van der Waals surface area contributed by atoms with Crippen LogP contribution in [0.4, 0.5) is 5.82 Å².